The van der Waals surface area contributed by atoms with Crippen molar-refractivity contribution in [3.05, 3.63) is 69.8 Å². The van der Waals surface area contributed by atoms with Crippen LogP contribution < -0.4 is 4.90 Å². The van der Waals surface area contributed by atoms with Crippen LogP contribution >= 0.6 is 0 Å². The van der Waals surface area contributed by atoms with Crippen molar-refractivity contribution in [2.24, 2.45) is 0 Å². The molecule has 0 bridgehead atoms. The average Bonchev–Trinajstić information content (AvgIpc) is 3.01. The van der Waals surface area contributed by atoms with Gasteiger partial charge in [-0.15, -0.1) is 0 Å². The molecule has 2 aromatic carbocycles. The van der Waals surface area contributed by atoms with Crippen LogP contribution in [0.1, 0.15) is 153 Å². The molecule has 2 aromatic rings. The van der Waals surface area contributed by atoms with Crippen LogP contribution in [0.4, 0.5) is 11.4 Å². The Balaban J connectivity index is 1.81. The Morgan fingerprint density at radius 3 is 1.21 bits per heavy atom. The van der Waals surface area contributed by atoms with Crippen LogP contribution in [0.25, 0.3) is 0 Å². The lowest BCUT2D eigenvalue weighted by Crippen LogP contribution is -2.25. The molecule has 0 N–H and O–H groups in total. The number of hydrogen-bond acceptors (Lipinski definition) is 3. The second-order valence-electron chi connectivity index (χ2n) is 12.0. The van der Waals surface area contributed by atoms with Crippen molar-refractivity contribution < 1.29 is 4.92 Å². The smallest absolute Gasteiger partial charge is 0.269 e. The van der Waals surface area contributed by atoms with Gasteiger partial charge in [-0.05, 0) is 49.2 Å². The summed E-state index contributed by atoms with van der Waals surface area (Å²) in [5.41, 5.74) is 3.14. The Morgan fingerprint density at radius 2 is 0.857 bits per heavy atom. The quantitative estimate of drug-likeness (QED) is 0.0542. The zero-order valence-corrected chi connectivity index (χ0v) is 26.9. The zero-order chi connectivity index (χ0) is 30.1. The van der Waals surface area contributed by atoms with E-state index in [9.17, 15) is 10.1 Å². The van der Waals surface area contributed by atoms with Gasteiger partial charge in [0.15, 0.2) is 0 Å². The fourth-order valence-corrected chi connectivity index (χ4v) is 5.52. The van der Waals surface area contributed by atoms with E-state index >= 15 is 0 Å². The summed E-state index contributed by atoms with van der Waals surface area (Å²) in [6.45, 7) is 6.82. The third kappa shape index (κ3) is 16.6. The molecule has 4 heteroatoms. The SMILES string of the molecule is CCCCCCCCCCCCN(CCCCCCCCCCCC)c1ccc(C#Cc2ccc([N+](=O)[O-])cc2)cc1. The van der Waals surface area contributed by atoms with E-state index in [-0.39, 0.29) is 10.6 Å². The van der Waals surface area contributed by atoms with Gasteiger partial charge in [0, 0.05) is 42.0 Å². The summed E-state index contributed by atoms with van der Waals surface area (Å²) < 4.78 is 0. The topological polar surface area (TPSA) is 46.4 Å². The van der Waals surface area contributed by atoms with E-state index in [1.54, 1.807) is 12.1 Å². The normalized spacial score (nSPS) is 10.8. The van der Waals surface area contributed by atoms with Crippen molar-refractivity contribution in [2.75, 3.05) is 18.0 Å². The molecule has 0 unspecified atom stereocenters. The molecule has 0 saturated carbocycles. The molecule has 4 nitrogen and oxygen atoms in total. The van der Waals surface area contributed by atoms with Crippen molar-refractivity contribution in [2.45, 2.75) is 142 Å². The molecule has 0 amide bonds. The first kappa shape index (κ1) is 35.4. The number of hydrogen-bond donors (Lipinski definition) is 0. The summed E-state index contributed by atoms with van der Waals surface area (Å²) in [6, 6.07) is 15.1. The van der Waals surface area contributed by atoms with Crippen molar-refractivity contribution in [3.63, 3.8) is 0 Å². The van der Waals surface area contributed by atoms with Crippen LogP contribution in [0.2, 0.25) is 0 Å². The second kappa shape index (κ2) is 23.7. The minimum absolute atomic E-state index is 0.0924. The van der Waals surface area contributed by atoms with Crippen LogP contribution in [-0.4, -0.2) is 18.0 Å². The first-order valence-corrected chi connectivity index (χ1v) is 17.3. The summed E-state index contributed by atoms with van der Waals surface area (Å²) >= 11 is 0. The van der Waals surface area contributed by atoms with Crippen LogP contribution in [0.3, 0.4) is 0 Å². The van der Waals surface area contributed by atoms with Gasteiger partial charge in [0.2, 0.25) is 0 Å². The van der Waals surface area contributed by atoms with Gasteiger partial charge in [-0.3, -0.25) is 10.1 Å². The van der Waals surface area contributed by atoms with E-state index in [1.165, 1.54) is 146 Å². The van der Waals surface area contributed by atoms with Gasteiger partial charge in [0.25, 0.3) is 5.69 Å². The number of nitrogens with zero attached hydrogens (tertiary/aromatic N) is 2. The molecule has 0 aliphatic carbocycles. The number of nitro benzene ring substituents is 1. The molecule has 42 heavy (non-hydrogen) atoms. The Morgan fingerprint density at radius 1 is 0.524 bits per heavy atom. The highest BCUT2D eigenvalue weighted by Gasteiger charge is 2.07. The molecule has 0 saturated heterocycles. The van der Waals surface area contributed by atoms with E-state index in [0.29, 0.717) is 0 Å². The Bertz CT molecular complexity index is 980. The predicted octanol–water partition coefficient (Wildman–Crippen LogP) is 11.6. The standard InChI is InChI=1S/C38H58N2O2/c1-3-5-7-9-11-13-15-17-19-21-33-39(34-22-20-18-16-14-12-10-8-6-4-2)37-29-25-35(26-30-37)23-24-36-27-31-38(32-28-36)40(41)42/h25-32H,3-22,33-34H2,1-2H3. The maximum absolute atomic E-state index is 10.9. The highest BCUT2D eigenvalue weighted by molar-refractivity contribution is 5.52. The third-order valence-corrected chi connectivity index (χ3v) is 8.22. The van der Waals surface area contributed by atoms with Gasteiger partial charge < -0.3 is 4.90 Å². The fraction of sp³-hybridized carbons (Fsp3) is 0.632. The van der Waals surface area contributed by atoms with Gasteiger partial charge in [-0.2, -0.15) is 0 Å². The number of nitro groups is 1. The molecule has 0 aliphatic heterocycles. The minimum atomic E-state index is -0.382. The largest absolute Gasteiger partial charge is 0.372 e. The van der Waals surface area contributed by atoms with E-state index in [2.05, 4.69) is 54.9 Å². The van der Waals surface area contributed by atoms with Crippen LogP contribution in [0.5, 0.6) is 0 Å². The molecule has 0 radical (unpaired) electrons. The lowest BCUT2D eigenvalue weighted by atomic mass is 10.1. The number of unbranched alkanes of at least 4 members (excludes halogenated alkanes) is 18. The minimum Gasteiger partial charge on any atom is -0.372 e. The summed E-state index contributed by atoms with van der Waals surface area (Å²) in [7, 11) is 0. The van der Waals surface area contributed by atoms with E-state index in [1.807, 2.05) is 0 Å². The number of benzene rings is 2. The van der Waals surface area contributed by atoms with Crippen molar-refractivity contribution in [1.29, 1.82) is 0 Å². The third-order valence-electron chi connectivity index (χ3n) is 8.22. The number of anilines is 1. The molecule has 0 fully saturated rings. The molecule has 232 valence electrons. The Kier molecular flexibility index (Phi) is 20.0. The number of non-ortho nitro benzene ring substituents is 1. The first-order chi connectivity index (χ1) is 20.6. The van der Waals surface area contributed by atoms with Crippen molar-refractivity contribution in [1.82, 2.24) is 0 Å². The maximum Gasteiger partial charge on any atom is 0.269 e. The Labute approximate surface area is 257 Å². The van der Waals surface area contributed by atoms with Crippen LogP contribution in [-0.2, 0) is 0 Å². The maximum atomic E-state index is 10.9. The molecule has 0 aliphatic rings. The van der Waals surface area contributed by atoms with Gasteiger partial charge in [-0.25, -0.2) is 0 Å². The molecular weight excluding hydrogens is 516 g/mol. The van der Waals surface area contributed by atoms with Crippen molar-refractivity contribution in [3.8, 4) is 11.8 Å². The first-order valence-electron chi connectivity index (χ1n) is 17.3. The van der Waals surface area contributed by atoms with Crippen LogP contribution in [0, 0.1) is 22.0 Å². The average molecular weight is 575 g/mol. The lowest BCUT2D eigenvalue weighted by Gasteiger charge is -2.25. The van der Waals surface area contributed by atoms with E-state index in [4.69, 9.17) is 0 Å². The number of rotatable bonds is 24. The van der Waals surface area contributed by atoms with Gasteiger partial charge in [0.05, 0.1) is 4.92 Å². The summed E-state index contributed by atoms with van der Waals surface area (Å²) in [5.74, 6) is 6.35. The molecular formula is C38H58N2O2. The molecule has 0 spiro atoms. The highest BCUT2D eigenvalue weighted by atomic mass is 16.6. The monoisotopic (exact) mass is 574 g/mol. The molecule has 0 aromatic heterocycles. The second-order valence-corrected chi connectivity index (χ2v) is 12.0. The summed E-state index contributed by atoms with van der Waals surface area (Å²) in [6.07, 6.45) is 27.3. The summed E-state index contributed by atoms with van der Waals surface area (Å²) in [5, 5.41) is 10.9. The molecule has 0 atom stereocenters. The van der Waals surface area contributed by atoms with Crippen molar-refractivity contribution >= 4 is 11.4 Å². The lowest BCUT2D eigenvalue weighted by molar-refractivity contribution is -0.384. The summed E-state index contributed by atoms with van der Waals surface area (Å²) in [4.78, 5) is 13.1. The Hall–Kier alpha value is -2.80. The van der Waals surface area contributed by atoms with Gasteiger partial charge >= 0.3 is 0 Å². The molecule has 2 rings (SSSR count). The fourth-order valence-electron chi connectivity index (χ4n) is 5.52. The predicted molar refractivity (Wildman–Crippen MR) is 181 cm³/mol. The van der Waals surface area contributed by atoms with E-state index < -0.39 is 0 Å². The zero-order valence-electron chi connectivity index (χ0n) is 26.9. The van der Waals surface area contributed by atoms with Crippen LogP contribution in [0.15, 0.2) is 48.5 Å². The van der Waals surface area contributed by atoms with Gasteiger partial charge in [-0.1, -0.05) is 141 Å². The van der Waals surface area contributed by atoms with Gasteiger partial charge in [0.1, 0.15) is 0 Å². The molecule has 0 heterocycles. The van der Waals surface area contributed by atoms with E-state index in [0.717, 1.165) is 24.2 Å². The highest BCUT2D eigenvalue weighted by Crippen LogP contribution is 2.19.